The number of aromatic nitrogens is 2. The molecule has 2 aromatic carbocycles. The van der Waals surface area contributed by atoms with Crippen molar-refractivity contribution in [3.63, 3.8) is 0 Å². The van der Waals surface area contributed by atoms with E-state index in [-0.39, 0.29) is 6.61 Å². The van der Waals surface area contributed by atoms with Gasteiger partial charge in [0.2, 0.25) is 5.13 Å². The summed E-state index contributed by atoms with van der Waals surface area (Å²) in [4.78, 5) is 14.2. The lowest BCUT2D eigenvalue weighted by molar-refractivity contribution is 0.147. The van der Waals surface area contributed by atoms with Crippen LogP contribution in [0.2, 0.25) is 0 Å². The number of carbonyl (C=O) groups is 1. The second kappa shape index (κ2) is 10.0. The van der Waals surface area contributed by atoms with Gasteiger partial charge in [0.1, 0.15) is 6.61 Å². The van der Waals surface area contributed by atoms with Crippen molar-refractivity contribution in [2.75, 3.05) is 25.7 Å². The molecule has 0 radical (unpaired) electrons. The molecule has 0 unspecified atom stereocenters. The highest BCUT2D eigenvalue weighted by Crippen LogP contribution is 2.28. The van der Waals surface area contributed by atoms with E-state index in [0.29, 0.717) is 33.6 Å². The first-order valence-corrected chi connectivity index (χ1v) is 10.1. The van der Waals surface area contributed by atoms with Crippen molar-refractivity contribution in [2.45, 2.75) is 13.0 Å². The molecule has 0 aliphatic rings. The molecule has 1 heterocycles. The van der Waals surface area contributed by atoms with E-state index in [4.69, 9.17) is 26.4 Å². The van der Waals surface area contributed by atoms with E-state index in [1.165, 1.54) is 16.2 Å². The van der Waals surface area contributed by atoms with Gasteiger partial charge in [-0.05, 0) is 41.9 Å². The molecular weight excluding hydrogens is 410 g/mol. The van der Waals surface area contributed by atoms with Crippen molar-refractivity contribution in [3.05, 3.63) is 63.6 Å². The van der Waals surface area contributed by atoms with Gasteiger partial charge in [0.05, 0.1) is 14.2 Å². The summed E-state index contributed by atoms with van der Waals surface area (Å²) in [5, 5.41) is 7.31. The molecule has 3 aromatic rings. The van der Waals surface area contributed by atoms with Crippen molar-refractivity contribution in [1.82, 2.24) is 10.2 Å². The average Bonchev–Trinajstić information content (AvgIpc) is 3.18. The second-order valence-corrected chi connectivity index (χ2v) is 7.67. The molecule has 0 aliphatic heterocycles. The van der Waals surface area contributed by atoms with Crippen LogP contribution in [0.25, 0.3) is 0 Å². The minimum absolute atomic E-state index is 0.183. The standard InChI is InChI=1S/C20H21N3O4S2/c1-25-16-9-8-14(12-17(16)26-2)10-11-23(18-21-22-19(28)29-18)20(24)27-13-15-6-4-3-5-7-15/h3-9,12H,10-11,13H2,1-2H3,(H,22,28). The van der Waals surface area contributed by atoms with Gasteiger partial charge in [-0.2, -0.15) is 0 Å². The number of benzene rings is 2. The number of aromatic amines is 1. The molecule has 0 fully saturated rings. The fourth-order valence-electron chi connectivity index (χ4n) is 2.68. The van der Waals surface area contributed by atoms with Gasteiger partial charge in [0, 0.05) is 6.54 Å². The van der Waals surface area contributed by atoms with Crippen LogP contribution in [0.15, 0.2) is 48.5 Å². The molecule has 1 N–H and O–H groups in total. The third kappa shape index (κ3) is 5.55. The Morgan fingerprint density at radius 1 is 1.10 bits per heavy atom. The van der Waals surface area contributed by atoms with E-state index >= 15 is 0 Å². The van der Waals surface area contributed by atoms with E-state index < -0.39 is 6.09 Å². The van der Waals surface area contributed by atoms with Crippen LogP contribution in [0.1, 0.15) is 11.1 Å². The summed E-state index contributed by atoms with van der Waals surface area (Å²) < 4.78 is 16.6. The van der Waals surface area contributed by atoms with Crippen molar-refractivity contribution in [2.24, 2.45) is 0 Å². The molecule has 0 saturated heterocycles. The highest BCUT2D eigenvalue weighted by molar-refractivity contribution is 7.73. The zero-order chi connectivity index (χ0) is 20.6. The lowest BCUT2D eigenvalue weighted by Crippen LogP contribution is -2.33. The Balaban J connectivity index is 1.72. The number of nitrogens with zero attached hydrogens (tertiary/aromatic N) is 2. The van der Waals surface area contributed by atoms with Crippen LogP contribution in [-0.4, -0.2) is 37.1 Å². The van der Waals surface area contributed by atoms with Crippen molar-refractivity contribution in [1.29, 1.82) is 0 Å². The Bertz CT molecular complexity index is 1000. The highest BCUT2D eigenvalue weighted by atomic mass is 32.1. The smallest absolute Gasteiger partial charge is 0.416 e. The minimum atomic E-state index is -0.480. The number of methoxy groups -OCH3 is 2. The molecule has 1 aromatic heterocycles. The Labute approximate surface area is 177 Å². The summed E-state index contributed by atoms with van der Waals surface area (Å²) >= 11 is 6.33. The molecule has 0 spiro atoms. The van der Waals surface area contributed by atoms with E-state index in [9.17, 15) is 4.79 Å². The lowest BCUT2D eigenvalue weighted by atomic mass is 10.1. The molecule has 29 heavy (non-hydrogen) atoms. The third-order valence-electron chi connectivity index (χ3n) is 4.16. The average molecular weight is 432 g/mol. The topological polar surface area (TPSA) is 76.7 Å². The maximum atomic E-state index is 12.7. The molecule has 7 nitrogen and oxygen atoms in total. The SMILES string of the molecule is COc1ccc(CCN(C(=O)OCc2ccccc2)c2n[nH]c(=S)s2)cc1OC. The highest BCUT2D eigenvalue weighted by Gasteiger charge is 2.21. The normalized spacial score (nSPS) is 10.4. The molecule has 152 valence electrons. The number of ether oxygens (including phenoxy) is 3. The first kappa shape index (κ1) is 20.8. The van der Waals surface area contributed by atoms with Gasteiger partial charge in [-0.25, -0.2) is 4.79 Å². The number of H-pyrrole nitrogens is 1. The van der Waals surface area contributed by atoms with Crippen LogP contribution in [0, 0.1) is 3.95 Å². The molecule has 3 rings (SSSR count). The van der Waals surface area contributed by atoms with Crippen LogP contribution in [0.4, 0.5) is 9.93 Å². The molecule has 0 bridgehead atoms. The number of rotatable bonds is 8. The van der Waals surface area contributed by atoms with Gasteiger partial charge >= 0.3 is 6.09 Å². The second-order valence-electron chi connectivity index (χ2n) is 6.03. The lowest BCUT2D eigenvalue weighted by Gasteiger charge is -2.19. The Kier molecular flexibility index (Phi) is 7.20. The van der Waals surface area contributed by atoms with Gasteiger partial charge in [0.15, 0.2) is 15.5 Å². The predicted molar refractivity (Wildman–Crippen MR) is 115 cm³/mol. The number of hydrogen-bond acceptors (Lipinski definition) is 7. The van der Waals surface area contributed by atoms with Crippen LogP contribution in [-0.2, 0) is 17.8 Å². The van der Waals surface area contributed by atoms with E-state index in [2.05, 4.69) is 10.2 Å². The maximum absolute atomic E-state index is 12.7. The summed E-state index contributed by atoms with van der Waals surface area (Å²) in [6.07, 6.45) is 0.0970. The number of carbonyl (C=O) groups excluding carboxylic acids is 1. The molecular formula is C20H21N3O4S2. The number of hydrogen-bond donors (Lipinski definition) is 1. The Morgan fingerprint density at radius 2 is 1.86 bits per heavy atom. The minimum Gasteiger partial charge on any atom is -0.493 e. The fourth-order valence-corrected chi connectivity index (χ4v) is 3.57. The summed E-state index contributed by atoms with van der Waals surface area (Å²) in [5.41, 5.74) is 1.90. The number of nitrogens with one attached hydrogen (secondary N) is 1. The van der Waals surface area contributed by atoms with Crippen molar-refractivity contribution in [3.8, 4) is 11.5 Å². The van der Waals surface area contributed by atoms with Crippen LogP contribution < -0.4 is 14.4 Å². The van der Waals surface area contributed by atoms with Gasteiger partial charge in [-0.3, -0.25) is 10.00 Å². The predicted octanol–water partition coefficient (Wildman–Crippen LogP) is 4.60. The van der Waals surface area contributed by atoms with Gasteiger partial charge < -0.3 is 14.2 Å². The largest absolute Gasteiger partial charge is 0.493 e. The zero-order valence-corrected chi connectivity index (χ0v) is 17.7. The van der Waals surface area contributed by atoms with Gasteiger partial charge in [-0.1, -0.05) is 47.7 Å². The van der Waals surface area contributed by atoms with Crippen molar-refractivity contribution >= 4 is 34.8 Å². The summed E-state index contributed by atoms with van der Waals surface area (Å²) in [6.45, 7) is 0.557. The summed E-state index contributed by atoms with van der Waals surface area (Å²) in [5.74, 6) is 1.29. The quantitative estimate of drug-likeness (QED) is 0.525. The third-order valence-corrected chi connectivity index (χ3v) is 5.27. The summed E-state index contributed by atoms with van der Waals surface area (Å²) in [6, 6.07) is 15.2. The maximum Gasteiger partial charge on any atom is 0.416 e. The molecule has 9 heteroatoms. The van der Waals surface area contributed by atoms with E-state index in [1.807, 2.05) is 48.5 Å². The zero-order valence-electron chi connectivity index (χ0n) is 16.1. The monoisotopic (exact) mass is 431 g/mol. The summed E-state index contributed by atoms with van der Waals surface area (Å²) in [7, 11) is 3.18. The first-order chi connectivity index (χ1) is 14.1. The number of anilines is 1. The molecule has 0 saturated carbocycles. The van der Waals surface area contributed by atoms with Gasteiger partial charge in [-0.15, -0.1) is 5.10 Å². The van der Waals surface area contributed by atoms with Gasteiger partial charge in [0.25, 0.3) is 0 Å². The molecule has 0 atom stereocenters. The Hall–Kier alpha value is -2.91. The van der Waals surface area contributed by atoms with Crippen LogP contribution in [0.5, 0.6) is 11.5 Å². The Morgan fingerprint density at radius 3 is 2.52 bits per heavy atom. The van der Waals surface area contributed by atoms with Crippen LogP contribution in [0.3, 0.4) is 0 Å². The molecule has 1 amide bonds. The molecule has 0 aliphatic carbocycles. The number of amides is 1. The van der Waals surface area contributed by atoms with E-state index in [0.717, 1.165) is 11.1 Å². The van der Waals surface area contributed by atoms with Crippen molar-refractivity contribution < 1.29 is 19.0 Å². The first-order valence-electron chi connectivity index (χ1n) is 8.85. The fraction of sp³-hybridized carbons (Fsp3) is 0.250. The van der Waals surface area contributed by atoms with E-state index in [1.54, 1.807) is 14.2 Å². The van der Waals surface area contributed by atoms with Crippen LogP contribution >= 0.6 is 23.6 Å².